The molecule has 5 N–H and O–H groups in total. The number of carbonyl (C=O) groups excluding carboxylic acids is 5. The summed E-state index contributed by atoms with van der Waals surface area (Å²) in [7, 11) is 6.76. The number of ketones is 4. The number of aliphatic hydroxyl groups is 1. The van der Waals surface area contributed by atoms with Crippen molar-refractivity contribution >= 4 is 34.7 Å². The van der Waals surface area contributed by atoms with E-state index in [0.29, 0.717) is 24.2 Å². The Hall–Kier alpha value is -3.15. The van der Waals surface area contributed by atoms with Gasteiger partial charge in [-0.3, -0.25) is 28.9 Å². The Labute approximate surface area is 221 Å². The summed E-state index contributed by atoms with van der Waals surface area (Å²) < 4.78 is 0. The molecule has 2 saturated carbocycles. The zero-order chi connectivity index (χ0) is 28.3. The zero-order valence-corrected chi connectivity index (χ0v) is 22.4. The molecule has 6 atom stereocenters. The van der Waals surface area contributed by atoms with Crippen molar-refractivity contribution in [1.29, 1.82) is 0 Å². The number of likely N-dealkylation sites (N-methyl/N-ethyl adjacent to an activating group) is 1. The Kier molecular flexibility index (Phi) is 7.24. The number of fused-ring (bicyclic) bond motifs is 3. The van der Waals surface area contributed by atoms with Crippen LogP contribution in [-0.4, -0.2) is 90.5 Å². The van der Waals surface area contributed by atoms with Crippen molar-refractivity contribution in [3.05, 3.63) is 22.8 Å². The maximum Gasteiger partial charge on any atom is 0.235 e. The van der Waals surface area contributed by atoms with E-state index in [1.807, 2.05) is 32.0 Å². The predicted molar refractivity (Wildman–Crippen MR) is 138 cm³/mol. The van der Waals surface area contributed by atoms with Crippen LogP contribution >= 0.6 is 0 Å². The van der Waals surface area contributed by atoms with Crippen LogP contribution in [0.3, 0.4) is 0 Å². The number of phenolic OH excluding ortho intramolecular Hbond substituents is 1. The van der Waals surface area contributed by atoms with E-state index in [1.54, 1.807) is 14.1 Å². The number of carbonyl (C=O) groups is 5. The van der Waals surface area contributed by atoms with Gasteiger partial charge < -0.3 is 26.2 Å². The minimum absolute atomic E-state index is 0.0103. The number of nitrogens with two attached hydrogens (primary N) is 1. The summed E-state index contributed by atoms with van der Waals surface area (Å²) in [5.74, 6) is -10.4. The van der Waals surface area contributed by atoms with Gasteiger partial charge in [0, 0.05) is 37.8 Å². The Morgan fingerprint density at radius 1 is 1.16 bits per heavy atom. The van der Waals surface area contributed by atoms with Gasteiger partial charge in [-0.25, -0.2) is 0 Å². The summed E-state index contributed by atoms with van der Waals surface area (Å²) in [6.07, 6.45) is 1.13. The molecule has 0 spiro atoms. The van der Waals surface area contributed by atoms with Gasteiger partial charge >= 0.3 is 0 Å². The lowest BCUT2D eigenvalue weighted by Gasteiger charge is -2.52. The standard InChI is InChI=1S/C27H36N4O7/c1-6-7-29-11-13-10-16(30(2)3)14-8-12-9-15-20(31(4)5)23(34)19(26(28)37)25(36)27(15,38)24(35)17(12)22(33)18(14)21(13)32/h10,12,15,17,19-20,29,32,38H,6-9,11H2,1-5H3,(H2,28,37)/t12-,15-,17?,19?,20+,27-/m0/s1. The number of nitrogens with one attached hydrogen (secondary N) is 1. The molecule has 0 saturated heterocycles. The van der Waals surface area contributed by atoms with Gasteiger partial charge in [-0.1, -0.05) is 6.92 Å². The molecule has 2 unspecified atom stereocenters. The van der Waals surface area contributed by atoms with Gasteiger partial charge in [0.1, 0.15) is 5.75 Å². The van der Waals surface area contributed by atoms with Crippen LogP contribution in [0.5, 0.6) is 5.75 Å². The van der Waals surface area contributed by atoms with Crippen molar-refractivity contribution in [2.24, 2.45) is 29.4 Å². The summed E-state index contributed by atoms with van der Waals surface area (Å²) in [5, 5.41) is 26.1. The second-order valence-electron chi connectivity index (χ2n) is 11.1. The van der Waals surface area contributed by atoms with Gasteiger partial charge in [0.15, 0.2) is 34.7 Å². The third kappa shape index (κ3) is 3.95. The first kappa shape index (κ1) is 27.9. The number of nitrogens with zero attached hydrogens (tertiary/aromatic N) is 2. The number of phenols is 1. The quantitative estimate of drug-likeness (QED) is 0.265. The second-order valence-corrected chi connectivity index (χ2v) is 11.1. The SMILES string of the molecule is CCCNCc1cc(N(C)C)c2c(c1O)C(=O)C1C(=O)[C@]3(O)C(=O)C(C(N)=O)C(=O)[C@H](N(C)C)[C@@H]3C[C@@H]1C2. The number of rotatable bonds is 7. The molecule has 38 heavy (non-hydrogen) atoms. The molecule has 206 valence electrons. The number of primary amides is 1. The molecule has 2 fully saturated rings. The molecule has 1 aromatic carbocycles. The molecule has 3 aliphatic rings. The predicted octanol–water partition coefficient (Wildman–Crippen LogP) is -0.567. The fourth-order valence-corrected chi connectivity index (χ4v) is 6.64. The average Bonchev–Trinajstić information content (AvgIpc) is 2.82. The zero-order valence-electron chi connectivity index (χ0n) is 22.4. The lowest BCUT2D eigenvalue weighted by molar-refractivity contribution is -0.181. The molecule has 0 heterocycles. The Morgan fingerprint density at radius 2 is 1.82 bits per heavy atom. The first-order valence-electron chi connectivity index (χ1n) is 12.9. The molecular formula is C27H36N4O7. The van der Waals surface area contributed by atoms with E-state index in [4.69, 9.17) is 5.73 Å². The Morgan fingerprint density at radius 3 is 2.37 bits per heavy atom. The van der Waals surface area contributed by atoms with E-state index in [9.17, 15) is 34.2 Å². The van der Waals surface area contributed by atoms with Crippen molar-refractivity contribution in [1.82, 2.24) is 10.2 Å². The Bertz CT molecular complexity index is 1230. The molecule has 11 heteroatoms. The van der Waals surface area contributed by atoms with E-state index < -0.39 is 64.4 Å². The van der Waals surface area contributed by atoms with Gasteiger partial charge in [-0.2, -0.15) is 0 Å². The van der Waals surface area contributed by atoms with Crippen LogP contribution in [0.1, 0.15) is 41.3 Å². The average molecular weight is 529 g/mol. The van der Waals surface area contributed by atoms with Gasteiger partial charge in [-0.05, 0) is 57.5 Å². The van der Waals surface area contributed by atoms with Crippen molar-refractivity contribution < 1.29 is 34.2 Å². The van der Waals surface area contributed by atoms with E-state index in [1.165, 1.54) is 4.90 Å². The lowest BCUT2D eigenvalue weighted by Crippen LogP contribution is -2.74. The molecule has 4 rings (SSSR count). The maximum atomic E-state index is 13.9. The number of aromatic hydroxyl groups is 1. The van der Waals surface area contributed by atoms with Crippen LogP contribution in [0.25, 0.3) is 0 Å². The number of anilines is 1. The van der Waals surface area contributed by atoms with Crippen molar-refractivity contribution in [3.63, 3.8) is 0 Å². The number of Topliss-reactive ketones (excluding diaryl/α,β-unsaturated/α-hetero) is 4. The summed E-state index contributed by atoms with van der Waals surface area (Å²) in [4.78, 5) is 69.8. The molecule has 3 aliphatic carbocycles. The molecular weight excluding hydrogens is 492 g/mol. The fourth-order valence-electron chi connectivity index (χ4n) is 6.64. The monoisotopic (exact) mass is 528 g/mol. The largest absolute Gasteiger partial charge is 0.507 e. The van der Waals surface area contributed by atoms with Crippen LogP contribution in [0.4, 0.5) is 5.69 Å². The molecule has 1 aromatic rings. The van der Waals surface area contributed by atoms with Gasteiger partial charge in [-0.15, -0.1) is 0 Å². The van der Waals surface area contributed by atoms with E-state index in [-0.39, 0.29) is 24.2 Å². The number of benzene rings is 1. The van der Waals surface area contributed by atoms with Crippen LogP contribution in [0.15, 0.2) is 6.07 Å². The smallest absolute Gasteiger partial charge is 0.235 e. The first-order chi connectivity index (χ1) is 17.8. The van der Waals surface area contributed by atoms with Crippen molar-refractivity contribution in [2.75, 3.05) is 39.6 Å². The molecule has 0 bridgehead atoms. The maximum absolute atomic E-state index is 13.9. The third-order valence-corrected chi connectivity index (χ3v) is 8.34. The number of hydrogen-bond donors (Lipinski definition) is 4. The van der Waals surface area contributed by atoms with E-state index >= 15 is 0 Å². The third-order valence-electron chi connectivity index (χ3n) is 8.34. The summed E-state index contributed by atoms with van der Waals surface area (Å²) in [6.45, 7) is 3.01. The normalized spacial score (nSPS) is 30.7. The van der Waals surface area contributed by atoms with Crippen molar-refractivity contribution in [2.45, 2.75) is 44.4 Å². The molecule has 0 aromatic heterocycles. The van der Waals surface area contributed by atoms with Crippen molar-refractivity contribution in [3.8, 4) is 5.75 Å². The fraction of sp³-hybridized carbons (Fsp3) is 0.593. The summed E-state index contributed by atoms with van der Waals surface area (Å²) in [5.41, 5.74) is 4.44. The Balaban J connectivity index is 1.86. The minimum Gasteiger partial charge on any atom is -0.507 e. The summed E-state index contributed by atoms with van der Waals surface area (Å²) in [6, 6.07) is 0.699. The summed E-state index contributed by atoms with van der Waals surface area (Å²) >= 11 is 0. The lowest BCUT2D eigenvalue weighted by atomic mass is 9.52. The second kappa shape index (κ2) is 9.87. The van der Waals surface area contributed by atoms with E-state index in [2.05, 4.69) is 5.32 Å². The van der Waals surface area contributed by atoms with Gasteiger partial charge in [0.2, 0.25) is 5.91 Å². The highest BCUT2D eigenvalue weighted by Gasteiger charge is 2.69. The number of amides is 1. The van der Waals surface area contributed by atoms with Crippen LogP contribution in [0, 0.1) is 23.7 Å². The topological polar surface area (TPSA) is 170 Å². The molecule has 1 amide bonds. The molecule has 0 aliphatic heterocycles. The van der Waals surface area contributed by atoms with E-state index in [0.717, 1.165) is 12.1 Å². The van der Waals surface area contributed by atoms with Gasteiger partial charge in [0.25, 0.3) is 0 Å². The number of hydrogen-bond acceptors (Lipinski definition) is 10. The highest BCUT2D eigenvalue weighted by Crippen LogP contribution is 2.52. The highest BCUT2D eigenvalue weighted by molar-refractivity contribution is 6.32. The van der Waals surface area contributed by atoms with Crippen LogP contribution in [0.2, 0.25) is 0 Å². The first-order valence-corrected chi connectivity index (χ1v) is 12.9. The highest BCUT2D eigenvalue weighted by atomic mass is 16.3. The molecule has 0 radical (unpaired) electrons. The minimum atomic E-state index is -2.73. The van der Waals surface area contributed by atoms with Gasteiger partial charge in [0.05, 0.1) is 17.5 Å². The molecule has 11 nitrogen and oxygen atoms in total. The van der Waals surface area contributed by atoms with Crippen LogP contribution < -0.4 is 16.0 Å². The van der Waals surface area contributed by atoms with Crippen LogP contribution in [-0.2, 0) is 32.1 Å².